The van der Waals surface area contributed by atoms with Gasteiger partial charge in [-0.15, -0.1) is 0 Å². The summed E-state index contributed by atoms with van der Waals surface area (Å²) in [4.78, 5) is 28.6. The summed E-state index contributed by atoms with van der Waals surface area (Å²) >= 11 is 1.27. The van der Waals surface area contributed by atoms with E-state index in [9.17, 15) is 9.59 Å². The second-order valence-electron chi connectivity index (χ2n) is 5.69. The molecule has 2 aromatic heterocycles. The maximum atomic E-state index is 12.5. The number of carbonyl (C=O) groups excluding carboxylic acids is 2. The molecule has 3 aromatic rings. The predicted molar refractivity (Wildman–Crippen MR) is 94.1 cm³/mol. The molecule has 0 radical (unpaired) electrons. The van der Waals surface area contributed by atoms with E-state index in [1.165, 1.54) is 18.4 Å². The van der Waals surface area contributed by atoms with E-state index in [1.807, 2.05) is 0 Å². The van der Waals surface area contributed by atoms with Crippen molar-refractivity contribution in [2.24, 2.45) is 5.92 Å². The first-order chi connectivity index (χ1) is 12.2. The molecule has 0 saturated heterocycles. The third-order valence-corrected chi connectivity index (χ3v) is 4.86. The van der Waals surface area contributed by atoms with Gasteiger partial charge in [-0.2, -0.15) is 5.10 Å². The molecule has 0 spiro atoms. The third kappa shape index (κ3) is 3.05. The zero-order valence-corrected chi connectivity index (χ0v) is 14.1. The summed E-state index contributed by atoms with van der Waals surface area (Å²) in [6, 6.07) is 6.94. The Morgan fingerprint density at radius 1 is 1.28 bits per heavy atom. The highest BCUT2D eigenvalue weighted by Gasteiger charge is 2.30. The molecule has 128 valence electrons. The summed E-state index contributed by atoms with van der Waals surface area (Å²) in [7, 11) is 1.51. The van der Waals surface area contributed by atoms with Gasteiger partial charge in [-0.3, -0.25) is 14.7 Å². The van der Waals surface area contributed by atoms with Crippen LogP contribution in [0.1, 0.15) is 23.2 Å². The Hall–Kier alpha value is -2.94. The fraction of sp³-hybridized carbons (Fsp3) is 0.250. The van der Waals surface area contributed by atoms with Gasteiger partial charge in [0.15, 0.2) is 16.6 Å². The minimum atomic E-state index is -0.331. The Morgan fingerprint density at radius 2 is 2.08 bits per heavy atom. The zero-order chi connectivity index (χ0) is 17.4. The number of fused-ring (bicyclic) bond motifs is 1. The average Bonchev–Trinajstić information content (AvgIpc) is 3.31. The summed E-state index contributed by atoms with van der Waals surface area (Å²) in [5.74, 6) is 0.612. The molecular weight excluding hydrogens is 342 g/mol. The Kier molecular flexibility index (Phi) is 3.85. The molecule has 4 rings (SSSR count). The summed E-state index contributed by atoms with van der Waals surface area (Å²) in [6.45, 7) is 0. The van der Waals surface area contributed by atoms with Gasteiger partial charge in [-0.1, -0.05) is 23.5 Å². The predicted octanol–water partition coefficient (Wildman–Crippen LogP) is 2.63. The molecule has 0 aliphatic heterocycles. The van der Waals surface area contributed by atoms with Crippen LogP contribution in [0.3, 0.4) is 0 Å². The SMILES string of the molecule is COc1ccccc1C(=O)Nc1n[nH]c2nc(NC(=O)C3CC3)sc12. The maximum Gasteiger partial charge on any atom is 0.260 e. The number of nitrogens with zero attached hydrogens (tertiary/aromatic N) is 2. The average molecular weight is 357 g/mol. The van der Waals surface area contributed by atoms with Crippen LogP contribution in [-0.4, -0.2) is 34.1 Å². The quantitative estimate of drug-likeness (QED) is 0.650. The van der Waals surface area contributed by atoms with Crippen molar-refractivity contribution in [3.05, 3.63) is 29.8 Å². The van der Waals surface area contributed by atoms with Crippen LogP contribution in [0.15, 0.2) is 24.3 Å². The number of amides is 2. The van der Waals surface area contributed by atoms with E-state index in [2.05, 4.69) is 25.8 Å². The van der Waals surface area contributed by atoms with Crippen LogP contribution in [0.5, 0.6) is 5.75 Å². The van der Waals surface area contributed by atoms with E-state index in [-0.39, 0.29) is 17.7 Å². The molecule has 1 saturated carbocycles. The standard InChI is InChI=1S/C16H15N5O3S/c1-24-10-5-3-2-4-9(10)15(23)17-12-11-13(21-20-12)18-16(25-11)19-14(22)8-6-7-8/h2-5,8H,6-7H2,1H3,(H3,17,18,19,20,21,22,23). The fourth-order valence-corrected chi connectivity index (χ4v) is 3.28. The van der Waals surface area contributed by atoms with Gasteiger partial charge >= 0.3 is 0 Å². The van der Waals surface area contributed by atoms with Crippen LogP contribution in [0.25, 0.3) is 10.3 Å². The van der Waals surface area contributed by atoms with Gasteiger partial charge in [-0.05, 0) is 25.0 Å². The highest BCUT2D eigenvalue weighted by atomic mass is 32.1. The number of para-hydroxylation sites is 1. The van der Waals surface area contributed by atoms with Crippen LogP contribution in [-0.2, 0) is 4.79 Å². The Labute approximate surface area is 146 Å². The molecule has 2 amide bonds. The van der Waals surface area contributed by atoms with Crippen molar-refractivity contribution in [1.82, 2.24) is 15.2 Å². The number of ether oxygens (including phenoxy) is 1. The summed E-state index contributed by atoms with van der Waals surface area (Å²) in [5.41, 5.74) is 0.930. The van der Waals surface area contributed by atoms with Crippen LogP contribution < -0.4 is 15.4 Å². The van der Waals surface area contributed by atoms with Crippen molar-refractivity contribution >= 4 is 44.4 Å². The molecule has 9 heteroatoms. The first-order valence-electron chi connectivity index (χ1n) is 7.76. The minimum absolute atomic E-state index is 0.0102. The summed E-state index contributed by atoms with van der Waals surface area (Å²) < 4.78 is 5.88. The lowest BCUT2D eigenvalue weighted by Crippen LogP contribution is -2.13. The van der Waals surface area contributed by atoms with Crippen molar-refractivity contribution in [2.45, 2.75) is 12.8 Å². The molecule has 1 aliphatic rings. The molecule has 0 bridgehead atoms. The number of aromatic amines is 1. The van der Waals surface area contributed by atoms with E-state index in [4.69, 9.17) is 4.74 Å². The number of anilines is 2. The first kappa shape index (κ1) is 15.6. The smallest absolute Gasteiger partial charge is 0.260 e. The number of methoxy groups -OCH3 is 1. The fourth-order valence-electron chi connectivity index (χ4n) is 2.41. The number of hydrogen-bond donors (Lipinski definition) is 3. The van der Waals surface area contributed by atoms with E-state index in [0.29, 0.717) is 32.6 Å². The highest BCUT2D eigenvalue weighted by Crippen LogP contribution is 2.34. The Bertz CT molecular complexity index is 960. The summed E-state index contributed by atoms with van der Waals surface area (Å²) in [5, 5.41) is 12.9. The van der Waals surface area contributed by atoms with Crippen molar-refractivity contribution in [3.8, 4) is 5.75 Å². The number of thiazole rings is 1. The molecule has 25 heavy (non-hydrogen) atoms. The van der Waals surface area contributed by atoms with Crippen molar-refractivity contribution in [2.75, 3.05) is 17.7 Å². The highest BCUT2D eigenvalue weighted by molar-refractivity contribution is 7.22. The van der Waals surface area contributed by atoms with Crippen molar-refractivity contribution < 1.29 is 14.3 Å². The van der Waals surface area contributed by atoms with Gasteiger partial charge in [0.25, 0.3) is 5.91 Å². The largest absolute Gasteiger partial charge is 0.496 e. The lowest BCUT2D eigenvalue weighted by molar-refractivity contribution is -0.117. The van der Waals surface area contributed by atoms with E-state index >= 15 is 0 Å². The number of H-pyrrole nitrogens is 1. The number of nitrogens with one attached hydrogen (secondary N) is 3. The molecular formula is C16H15N5O3S. The minimum Gasteiger partial charge on any atom is -0.496 e. The molecule has 1 fully saturated rings. The lowest BCUT2D eigenvalue weighted by Gasteiger charge is -2.07. The molecule has 8 nitrogen and oxygen atoms in total. The van der Waals surface area contributed by atoms with E-state index in [1.54, 1.807) is 24.3 Å². The monoisotopic (exact) mass is 357 g/mol. The van der Waals surface area contributed by atoms with Gasteiger partial charge in [-0.25, -0.2) is 4.98 Å². The molecule has 1 aromatic carbocycles. The Balaban J connectivity index is 1.55. The Morgan fingerprint density at radius 3 is 2.84 bits per heavy atom. The summed E-state index contributed by atoms with van der Waals surface area (Å²) in [6.07, 6.45) is 1.85. The van der Waals surface area contributed by atoms with Crippen molar-refractivity contribution in [1.29, 1.82) is 0 Å². The van der Waals surface area contributed by atoms with E-state index in [0.717, 1.165) is 12.8 Å². The van der Waals surface area contributed by atoms with E-state index < -0.39 is 0 Å². The second kappa shape index (κ2) is 6.17. The third-order valence-electron chi connectivity index (χ3n) is 3.88. The first-order valence-corrected chi connectivity index (χ1v) is 8.57. The normalized spacial score (nSPS) is 13.6. The molecule has 0 atom stereocenters. The topological polar surface area (TPSA) is 109 Å². The second-order valence-corrected chi connectivity index (χ2v) is 6.69. The number of benzene rings is 1. The van der Waals surface area contributed by atoms with Crippen LogP contribution in [0, 0.1) is 5.92 Å². The van der Waals surface area contributed by atoms with Crippen LogP contribution in [0.4, 0.5) is 10.9 Å². The maximum absolute atomic E-state index is 12.5. The van der Waals surface area contributed by atoms with Crippen molar-refractivity contribution in [3.63, 3.8) is 0 Å². The number of hydrogen-bond acceptors (Lipinski definition) is 6. The number of carbonyl (C=O) groups is 2. The number of rotatable bonds is 5. The van der Waals surface area contributed by atoms with Gasteiger partial charge in [0.2, 0.25) is 5.91 Å². The zero-order valence-electron chi connectivity index (χ0n) is 13.3. The molecule has 3 N–H and O–H groups in total. The van der Waals surface area contributed by atoms with Crippen LogP contribution >= 0.6 is 11.3 Å². The molecule has 1 aliphatic carbocycles. The van der Waals surface area contributed by atoms with Gasteiger partial charge in [0.05, 0.1) is 12.7 Å². The van der Waals surface area contributed by atoms with Gasteiger partial charge in [0.1, 0.15) is 10.4 Å². The molecule has 0 unspecified atom stereocenters. The van der Waals surface area contributed by atoms with Gasteiger partial charge in [0, 0.05) is 5.92 Å². The molecule has 2 heterocycles. The van der Waals surface area contributed by atoms with Gasteiger partial charge < -0.3 is 15.4 Å². The lowest BCUT2D eigenvalue weighted by atomic mass is 10.2. The van der Waals surface area contributed by atoms with Crippen LogP contribution in [0.2, 0.25) is 0 Å². The number of aromatic nitrogens is 3.